The van der Waals surface area contributed by atoms with E-state index >= 15 is 0 Å². The maximum atomic E-state index is 12.4. The van der Waals surface area contributed by atoms with Gasteiger partial charge in [0, 0.05) is 19.6 Å². The van der Waals surface area contributed by atoms with Crippen molar-refractivity contribution in [2.45, 2.75) is 58.0 Å². The van der Waals surface area contributed by atoms with Crippen LogP contribution in [-0.4, -0.2) is 73.2 Å². The van der Waals surface area contributed by atoms with E-state index in [1.807, 2.05) is 35.2 Å². The number of nitrogens with zero attached hydrogens (tertiary/aromatic N) is 3. The van der Waals surface area contributed by atoms with Crippen molar-refractivity contribution < 1.29 is 9.53 Å². The van der Waals surface area contributed by atoms with Gasteiger partial charge in [0.2, 0.25) is 0 Å². The van der Waals surface area contributed by atoms with Crippen LogP contribution >= 0.6 is 0 Å². The van der Waals surface area contributed by atoms with Gasteiger partial charge < -0.3 is 19.4 Å². The summed E-state index contributed by atoms with van der Waals surface area (Å²) in [5, 5.41) is 0. The number of carbonyl (C=O) groups excluding carboxylic acids is 1. The van der Waals surface area contributed by atoms with Crippen LogP contribution in [-0.2, 0) is 11.3 Å². The Morgan fingerprint density at radius 2 is 1.48 bits per heavy atom. The van der Waals surface area contributed by atoms with Crippen LogP contribution in [0.5, 0.6) is 0 Å². The lowest BCUT2D eigenvalue weighted by molar-refractivity contribution is 0.0730. The molecule has 0 aliphatic carbocycles. The van der Waals surface area contributed by atoms with Crippen LogP contribution in [0, 0.1) is 11.8 Å². The van der Waals surface area contributed by atoms with Crippen LogP contribution in [0.3, 0.4) is 0 Å². The van der Waals surface area contributed by atoms with Gasteiger partial charge in [0.15, 0.2) is 0 Å². The lowest BCUT2D eigenvalue weighted by Crippen LogP contribution is -2.43. The lowest BCUT2D eigenvalue weighted by atomic mass is 9.91. The zero-order chi connectivity index (χ0) is 21.3. The van der Waals surface area contributed by atoms with Crippen LogP contribution in [0.15, 0.2) is 30.3 Å². The molecule has 4 rings (SSSR count). The Kier molecular flexibility index (Phi) is 8.65. The van der Waals surface area contributed by atoms with Gasteiger partial charge in [-0.15, -0.1) is 0 Å². The van der Waals surface area contributed by atoms with Gasteiger partial charge in [0.05, 0.1) is 0 Å². The highest BCUT2D eigenvalue weighted by Gasteiger charge is 2.27. The van der Waals surface area contributed by atoms with E-state index in [0.29, 0.717) is 6.61 Å². The Hall–Kier alpha value is -1.59. The molecule has 1 aromatic carbocycles. The van der Waals surface area contributed by atoms with Crippen LogP contribution < -0.4 is 0 Å². The lowest BCUT2D eigenvalue weighted by Gasteiger charge is -2.38. The predicted molar refractivity (Wildman–Crippen MR) is 125 cm³/mol. The van der Waals surface area contributed by atoms with Gasteiger partial charge in [-0.2, -0.15) is 0 Å². The molecular weight excluding hydrogens is 386 g/mol. The van der Waals surface area contributed by atoms with E-state index in [9.17, 15) is 4.79 Å². The zero-order valence-electron chi connectivity index (χ0n) is 19.2. The Morgan fingerprint density at radius 1 is 0.806 bits per heavy atom. The number of hydrogen-bond donors (Lipinski definition) is 0. The summed E-state index contributed by atoms with van der Waals surface area (Å²) in [6.07, 6.45) is 10.4. The minimum absolute atomic E-state index is 0.156. The normalized spacial score (nSPS) is 22.5. The monoisotopic (exact) mass is 427 g/mol. The first kappa shape index (κ1) is 22.6. The van der Waals surface area contributed by atoms with Gasteiger partial charge in [-0.05, 0) is 95.1 Å². The van der Waals surface area contributed by atoms with E-state index in [4.69, 9.17) is 4.74 Å². The molecular formula is C26H41N3O2. The molecule has 31 heavy (non-hydrogen) atoms. The Bertz CT molecular complexity index is 646. The summed E-state index contributed by atoms with van der Waals surface area (Å²) in [6, 6.07) is 9.93. The van der Waals surface area contributed by atoms with Crippen LogP contribution in [0.1, 0.15) is 56.9 Å². The molecule has 5 nitrogen and oxygen atoms in total. The zero-order valence-corrected chi connectivity index (χ0v) is 19.2. The summed E-state index contributed by atoms with van der Waals surface area (Å²) in [7, 11) is 0. The molecule has 3 heterocycles. The molecule has 0 saturated carbocycles. The summed E-state index contributed by atoms with van der Waals surface area (Å²) in [5.74, 6) is 1.66. The smallest absolute Gasteiger partial charge is 0.410 e. The van der Waals surface area contributed by atoms with Crippen molar-refractivity contribution in [2.24, 2.45) is 11.8 Å². The van der Waals surface area contributed by atoms with E-state index in [1.165, 1.54) is 77.8 Å². The van der Waals surface area contributed by atoms with Crippen molar-refractivity contribution >= 4 is 6.09 Å². The van der Waals surface area contributed by atoms with E-state index in [2.05, 4.69) is 9.80 Å². The maximum absolute atomic E-state index is 12.4. The molecule has 3 fully saturated rings. The first-order chi connectivity index (χ1) is 15.3. The molecule has 1 amide bonds. The molecule has 172 valence electrons. The average molecular weight is 428 g/mol. The van der Waals surface area contributed by atoms with Crippen molar-refractivity contribution in [3.05, 3.63) is 35.9 Å². The largest absolute Gasteiger partial charge is 0.445 e. The number of rotatable bonds is 7. The standard InChI is InChI=1S/C26H41N3O2/c30-26(31-22-25-7-3-1-4-8-25)29-19-12-24(13-20-29)21-28-17-10-23(11-18-28)9-16-27-14-5-2-6-15-27/h1,3-4,7-8,23-24H,2,5-6,9-22H2. The van der Waals surface area contributed by atoms with Crippen molar-refractivity contribution in [1.82, 2.24) is 14.7 Å². The number of ether oxygens (including phenoxy) is 1. The second-order valence-electron chi connectivity index (χ2n) is 9.91. The Labute approximate surface area is 188 Å². The maximum Gasteiger partial charge on any atom is 0.410 e. The second kappa shape index (κ2) is 11.9. The molecule has 0 atom stereocenters. The van der Waals surface area contributed by atoms with Gasteiger partial charge in [0.1, 0.15) is 6.61 Å². The molecule has 0 bridgehead atoms. The number of amides is 1. The molecule has 0 spiro atoms. The molecule has 3 aliphatic heterocycles. The SMILES string of the molecule is O=C(OCc1ccccc1)N1CCC(CN2CCC(CCN3CCCCC3)CC2)CC1. The quantitative estimate of drug-likeness (QED) is 0.636. The summed E-state index contributed by atoms with van der Waals surface area (Å²) >= 11 is 0. The Morgan fingerprint density at radius 3 is 2.19 bits per heavy atom. The molecule has 0 N–H and O–H groups in total. The minimum Gasteiger partial charge on any atom is -0.445 e. The first-order valence-corrected chi connectivity index (χ1v) is 12.7. The summed E-state index contributed by atoms with van der Waals surface area (Å²) < 4.78 is 5.50. The summed E-state index contributed by atoms with van der Waals surface area (Å²) in [5.41, 5.74) is 1.05. The second-order valence-corrected chi connectivity index (χ2v) is 9.91. The third-order valence-corrected chi connectivity index (χ3v) is 7.60. The molecule has 5 heteroatoms. The highest BCUT2D eigenvalue weighted by molar-refractivity contribution is 5.67. The number of hydrogen-bond acceptors (Lipinski definition) is 4. The van der Waals surface area contributed by atoms with Crippen LogP contribution in [0.25, 0.3) is 0 Å². The molecule has 3 saturated heterocycles. The molecule has 0 unspecified atom stereocenters. The van der Waals surface area contributed by atoms with Crippen molar-refractivity contribution in [2.75, 3.05) is 52.4 Å². The van der Waals surface area contributed by atoms with E-state index in [0.717, 1.165) is 43.3 Å². The highest BCUT2D eigenvalue weighted by atomic mass is 16.6. The average Bonchev–Trinajstić information content (AvgIpc) is 2.84. The molecule has 0 radical (unpaired) electrons. The van der Waals surface area contributed by atoms with Gasteiger partial charge in [0.25, 0.3) is 0 Å². The topological polar surface area (TPSA) is 36.0 Å². The summed E-state index contributed by atoms with van der Waals surface area (Å²) in [4.78, 5) is 19.6. The van der Waals surface area contributed by atoms with E-state index in [1.54, 1.807) is 0 Å². The van der Waals surface area contributed by atoms with Gasteiger partial charge in [-0.3, -0.25) is 0 Å². The van der Waals surface area contributed by atoms with Gasteiger partial charge >= 0.3 is 6.09 Å². The van der Waals surface area contributed by atoms with Crippen molar-refractivity contribution in [3.8, 4) is 0 Å². The predicted octanol–water partition coefficient (Wildman–Crippen LogP) is 4.62. The first-order valence-electron chi connectivity index (χ1n) is 12.7. The van der Waals surface area contributed by atoms with Crippen molar-refractivity contribution in [1.29, 1.82) is 0 Å². The summed E-state index contributed by atoms with van der Waals surface area (Å²) in [6.45, 7) is 9.78. The fourth-order valence-electron chi connectivity index (χ4n) is 5.48. The van der Waals surface area contributed by atoms with Crippen LogP contribution in [0.4, 0.5) is 4.79 Å². The highest BCUT2D eigenvalue weighted by Crippen LogP contribution is 2.25. The fourth-order valence-corrected chi connectivity index (χ4v) is 5.48. The van der Waals surface area contributed by atoms with Gasteiger partial charge in [-0.25, -0.2) is 4.79 Å². The van der Waals surface area contributed by atoms with Crippen molar-refractivity contribution in [3.63, 3.8) is 0 Å². The third-order valence-electron chi connectivity index (χ3n) is 7.60. The van der Waals surface area contributed by atoms with Crippen LogP contribution in [0.2, 0.25) is 0 Å². The fraction of sp³-hybridized carbons (Fsp3) is 0.731. The minimum atomic E-state index is -0.156. The van der Waals surface area contributed by atoms with E-state index < -0.39 is 0 Å². The number of piperidine rings is 3. The third kappa shape index (κ3) is 7.21. The molecule has 3 aliphatic rings. The molecule has 1 aromatic rings. The number of carbonyl (C=O) groups is 1. The number of likely N-dealkylation sites (tertiary alicyclic amines) is 3. The van der Waals surface area contributed by atoms with Gasteiger partial charge in [-0.1, -0.05) is 36.8 Å². The van der Waals surface area contributed by atoms with E-state index in [-0.39, 0.29) is 6.09 Å². The number of benzene rings is 1. The Balaban J connectivity index is 1.08. The molecule has 0 aromatic heterocycles.